The van der Waals surface area contributed by atoms with Gasteiger partial charge in [0.1, 0.15) is 12.4 Å². The Hall–Kier alpha value is -0.910. The van der Waals surface area contributed by atoms with Crippen molar-refractivity contribution in [2.24, 2.45) is 11.3 Å². The molecule has 0 radical (unpaired) electrons. The van der Waals surface area contributed by atoms with Gasteiger partial charge in [-0.1, -0.05) is 66.3 Å². The largest absolute Gasteiger partial charge is 0.481 e. The molecule has 0 aromatic rings. The van der Waals surface area contributed by atoms with Crippen LogP contribution in [-0.2, 0) is 9.59 Å². The van der Waals surface area contributed by atoms with Crippen molar-refractivity contribution < 1.29 is 24.9 Å². The molecule has 2 unspecified atom stereocenters. The minimum atomic E-state index is -1.27. The van der Waals surface area contributed by atoms with Crippen molar-refractivity contribution in [1.82, 2.24) is 0 Å². The molecule has 1 aliphatic carbocycles. The second kappa shape index (κ2) is 11.9. The number of rotatable bonds is 11. The van der Waals surface area contributed by atoms with Crippen LogP contribution in [0.5, 0.6) is 0 Å². The fourth-order valence-corrected chi connectivity index (χ4v) is 4.37. The van der Waals surface area contributed by atoms with Gasteiger partial charge in [-0.05, 0) is 45.4 Å². The first-order chi connectivity index (χ1) is 13.2. The van der Waals surface area contributed by atoms with Crippen LogP contribution < -0.4 is 0 Å². The van der Waals surface area contributed by atoms with Gasteiger partial charge in [-0.3, -0.25) is 9.59 Å². The Labute approximate surface area is 182 Å². The molecule has 0 aliphatic heterocycles. The molecule has 1 fully saturated rings. The Bertz CT molecular complexity index is 616. The normalized spacial score (nSPS) is 22.3. The molecule has 1 saturated carbocycles. The Balaban J connectivity index is 3.06. The lowest BCUT2D eigenvalue weighted by Crippen LogP contribution is -2.40. The van der Waals surface area contributed by atoms with E-state index in [1.807, 2.05) is 0 Å². The summed E-state index contributed by atoms with van der Waals surface area (Å²) in [7, 11) is 0. The number of hydrogen-bond acceptors (Lipinski definition) is 4. The number of ketones is 1. The van der Waals surface area contributed by atoms with Crippen molar-refractivity contribution in [2.45, 2.75) is 81.2 Å². The van der Waals surface area contributed by atoms with Crippen LogP contribution >= 0.6 is 22.6 Å². The van der Waals surface area contributed by atoms with E-state index in [4.69, 9.17) is 5.11 Å². The van der Waals surface area contributed by atoms with E-state index in [1.54, 1.807) is 19.1 Å². The minimum Gasteiger partial charge on any atom is -0.481 e. The number of alkyl halides is 1. The summed E-state index contributed by atoms with van der Waals surface area (Å²) in [5, 5.41) is 29.5. The van der Waals surface area contributed by atoms with Crippen LogP contribution in [0.15, 0.2) is 12.2 Å². The van der Waals surface area contributed by atoms with Crippen LogP contribution in [0.4, 0.5) is 0 Å². The second-order valence-corrected chi connectivity index (χ2v) is 9.45. The first kappa shape index (κ1) is 25.1. The Morgan fingerprint density at radius 1 is 1.43 bits per heavy atom. The Kier molecular flexibility index (Phi) is 10.7. The van der Waals surface area contributed by atoms with Gasteiger partial charge in [-0.15, -0.1) is 0 Å². The molecule has 0 amide bonds. The maximum Gasteiger partial charge on any atom is 0.314 e. The van der Waals surface area contributed by atoms with Gasteiger partial charge < -0.3 is 15.3 Å². The van der Waals surface area contributed by atoms with Gasteiger partial charge in [0.2, 0.25) is 0 Å². The highest BCUT2D eigenvalue weighted by atomic mass is 127. The van der Waals surface area contributed by atoms with Crippen LogP contribution in [0, 0.1) is 23.2 Å². The fourth-order valence-electron chi connectivity index (χ4n) is 3.84. The first-order valence-corrected chi connectivity index (χ1v) is 11.3. The molecule has 0 spiro atoms. The summed E-state index contributed by atoms with van der Waals surface area (Å²) >= 11 is 2.14. The van der Waals surface area contributed by atoms with Gasteiger partial charge in [0, 0.05) is 12.3 Å². The standard InChI is InChI=1S/C22H33IO5/c1-3-4-12-21(2,28)13-7-14-22(20(26)27,18-9-5-10-19(18)25)15-11-17(23)8-6-16-24/h7,14,17-18,24,28H,3-5,9-13,15-16H2,1-2H3,(H,26,27)/b14-7+/t17?,18-,21?,22-/m0/s1. The van der Waals surface area contributed by atoms with E-state index < -0.39 is 22.9 Å². The molecule has 5 nitrogen and oxygen atoms in total. The number of carbonyl (C=O) groups excluding carboxylic acids is 1. The van der Waals surface area contributed by atoms with Crippen LogP contribution in [0.25, 0.3) is 0 Å². The van der Waals surface area contributed by atoms with Gasteiger partial charge in [-0.2, -0.15) is 0 Å². The van der Waals surface area contributed by atoms with Gasteiger partial charge in [-0.25, -0.2) is 0 Å². The zero-order chi connectivity index (χ0) is 21.2. The molecule has 28 heavy (non-hydrogen) atoms. The maximum atomic E-state index is 12.4. The van der Waals surface area contributed by atoms with Gasteiger partial charge >= 0.3 is 5.97 Å². The van der Waals surface area contributed by atoms with Crippen molar-refractivity contribution >= 4 is 34.3 Å². The average Bonchev–Trinajstić information content (AvgIpc) is 3.07. The molecule has 1 aliphatic rings. The molecule has 158 valence electrons. The predicted molar refractivity (Wildman–Crippen MR) is 118 cm³/mol. The quantitative estimate of drug-likeness (QED) is 0.172. The predicted octanol–water partition coefficient (Wildman–Crippen LogP) is 3.89. The highest BCUT2D eigenvalue weighted by molar-refractivity contribution is 14.1. The number of aliphatic hydroxyl groups excluding tert-OH is 1. The molecule has 0 heterocycles. The molecule has 4 atom stereocenters. The van der Waals surface area contributed by atoms with E-state index in [2.05, 4.69) is 41.4 Å². The van der Waals surface area contributed by atoms with Crippen molar-refractivity contribution in [3.8, 4) is 11.8 Å². The van der Waals surface area contributed by atoms with Crippen molar-refractivity contribution in [3.63, 3.8) is 0 Å². The van der Waals surface area contributed by atoms with E-state index in [0.717, 1.165) is 19.3 Å². The number of carboxylic acids is 1. The second-order valence-electron chi connectivity index (χ2n) is 7.95. The lowest BCUT2D eigenvalue weighted by Gasteiger charge is -2.32. The molecular weight excluding hydrogens is 471 g/mol. The molecule has 6 heteroatoms. The van der Waals surface area contributed by atoms with E-state index in [-0.39, 0.29) is 16.3 Å². The maximum absolute atomic E-state index is 12.4. The third-order valence-corrected chi connectivity index (χ3v) is 6.45. The molecule has 0 saturated heterocycles. The summed E-state index contributed by atoms with van der Waals surface area (Å²) in [6.07, 6.45) is 8.87. The summed E-state index contributed by atoms with van der Waals surface area (Å²) in [6, 6.07) is 0. The monoisotopic (exact) mass is 504 g/mol. The molecule has 0 bridgehead atoms. The number of Topliss-reactive ketones (excluding diaryl/α,β-unsaturated/α-hetero) is 1. The number of unbranched alkanes of at least 4 members (excludes halogenated alkanes) is 1. The van der Waals surface area contributed by atoms with Crippen LogP contribution in [0.1, 0.15) is 71.6 Å². The number of aliphatic carboxylic acids is 1. The van der Waals surface area contributed by atoms with Crippen LogP contribution in [0.2, 0.25) is 0 Å². The minimum absolute atomic E-state index is 0.0104. The van der Waals surface area contributed by atoms with Gasteiger partial charge in [0.25, 0.3) is 0 Å². The SMILES string of the molecule is CCCCC(C)(O)C/C=C/[C@@](CCC(I)C#CCO)(C(=O)O)[C@H]1CCCC1=O. The average molecular weight is 504 g/mol. The Morgan fingerprint density at radius 3 is 2.68 bits per heavy atom. The van der Waals surface area contributed by atoms with Crippen molar-refractivity contribution in [2.75, 3.05) is 6.61 Å². The first-order valence-electron chi connectivity index (χ1n) is 10.1. The molecule has 0 aromatic carbocycles. The number of aliphatic hydroxyl groups is 2. The van der Waals surface area contributed by atoms with E-state index >= 15 is 0 Å². The van der Waals surface area contributed by atoms with Gasteiger partial charge in [0.05, 0.1) is 14.9 Å². The number of hydrogen-bond donors (Lipinski definition) is 3. The summed E-state index contributed by atoms with van der Waals surface area (Å²) in [5.74, 6) is 3.99. The van der Waals surface area contributed by atoms with Crippen molar-refractivity contribution in [3.05, 3.63) is 12.2 Å². The summed E-state index contributed by atoms with van der Waals surface area (Å²) < 4.78 is -0.0963. The van der Waals surface area contributed by atoms with E-state index in [1.165, 1.54) is 0 Å². The van der Waals surface area contributed by atoms with E-state index in [9.17, 15) is 19.8 Å². The summed E-state index contributed by atoms with van der Waals surface area (Å²) in [6.45, 7) is 3.60. The third kappa shape index (κ3) is 7.49. The smallest absolute Gasteiger partial charge is 0.314 e. The van der Waals surface area contributed by atoms with Crippen LogP contribution in [-0.4, -0.2) is 43.2 Å². The lowest BCUT2D eigenvalue weighted by molar-refractivity contribution is -0.152. The van der Waals surface area contributed by atoms with Gasteiger partial charge in [0.15, 0.2) is 0 Å². The zero-order valence-electron chi connectivity index (χ0n) is 16.9. The highest BCUT2D eigenvalue weighted by Crippen LogP contribution is 2.44. The zero-order valence-corrected chi connectivity index (χ0v) is 19.1. The molecular formula is C22H33IO5. The number of carboxylic acid groups (broad SMARTS) is 1. The topological polar surface area (TPSA) is 94.8 Å². The highest BCUT2D eigenvalue weighted by Gasteiger charge is 2.48. The summed E-state index contributed by atoms with van der Waals surface area (Å²) in [4.78, 5) is 24.8. The summed E-state index contributed by atoms with van der Waals surface area (Å²) in [5.41, 5.74) is -2.15. The van der Waals surface area contributed by atoms with Crippen molar-refractivity contribution in [1.29, 1.82) is 0 Å². The molecule has 3 N–H and O–H groups in total. The van der Waals surface area contributed by atoms with E-state index in [0.29, 0.717) is 38.5 Å². The third-order valence-electron chi connectivity index (χ3n) is 5.52. The number of halogens is 1. The molecule has 1 rings (SSSR count). The Morgan fingerprint density at radius 2 is 2.14 bits per heavy atom. The number of carbonyl (C=O) groups is 2. The van der Waals surface area contributed by atoms with Crippen LogP contribution in [0.3, 0.4) is 0 Å². The molecule has 0 aromatic heterocycles. The lowest BCUT2D eigenvalue weighted by atomic mass is 9.70. The fraction of sp³-hybridized carbons (Fsp3) is 0.727.